The van der Waals surface area contributed by atoms with E-state index in [4.69, 9.17) is 4.52 Å². The monoisotopic (exact) mass is 357 g/mol. The predicted molar refractivity (Wildman–Crippen MR) is 92.1 cm³/mol. The van der Waals surface area contributed by atoms with Crippen LogP contribution in [0.4, 0.5) is 15.9 Å². The summed E-state index contributed by atoms with van der Waals surface area (Å²) in [6.07, 6.45) is 2.65. The molecule has 2 aromatic heterocycles. The highest BCUT2D eigenvalue weighted by Crippen LogP contribution is 2.25. The molecule has 0 aliphatic carbocycles. The van der Waals surface area contributed by atoms with Crippen LogP contribution in [0.2, 0.25) is 0 Å². The summed E-state index contributed by atoms with van der Waals surface area (Å²) in [6, 6.07) is 7.41. The van der Waals surface area contributed by atoms with Crippen LogP contribution in [0.3, 0.4) is 0 Å². The van der Waals surface area contributed by atoms with Crippen molar-refractivity contribution in [2.45, 2.75) is 19.8 Å². The Kier molecular flexibility index (Phi) is 5.16. The van der Waals surface area contributed by atoms with Gasteiger partial charge in [-0.05, 0) is 43.7 Å². The average molecular weight is 357 g/mol. The quantitative estimate of drug-likeness (QED) is 0.391. The van der Waals surface area contributed by atoms with E-state index in [0.717, 1.165) is 0 Å². The van der Waals surface area contributed by atoms with Gasteiger partial charge in [-0.2, -0.15) is 4.98 Å². The lowest BCUT2D eigenvalue weighted by Gasteiger charge is -2.06. The zero-order valence-corrected chi connectivity index (χ0v) is 14.0. The van der Waals surface area contributed by atoms with Crippen LogP contribution in [-0.4, -0.2) is 26.6 Å². The van der Waals surface area contributed by atoms with Gasteiger partial charge in [0.25, 0.3) is 0 Å². The molecule has 0 saturated heterocycles. The number of rotatable bonds is 7. The van der Waals surface area contributed by atoms with E-state index < -0.39 is 4.92 Å². The van der Waals surface area contributed by atoms with Crippen LogP contribution in [0.5, 0.6) is 0 Å². The zero-order valence-electron chi connectivity index (χ0n) is 14.0. The molecule has 3 rings (SSSR count). The minimum Gasteiger partial charge on any atom is -0.364 e. The summed E-state index contributed by atoms with van der Waals surface area (Å²) < 4.78 is 18.1. The number of nitro groups is 1. The number of anilines is 1. The molecule has 0 bridgehead atoms. The maximum atomic E-state index is 12.9. The Morgan fingerprint density at radius 3 is 2.77 bits per heavy atom. The van der Waals surface area contributed by atoms with Gasteiger partial charge in [0, 0.05) is 30.3 Å². The molecule has 134 valence electrons. The van der Waals surface area contributed by atoms with E-state index in [9.17, 15) is 14.5 Å². The van der Waals surface area contributed by atoms with Gasteiger partial charge in [0.2, 0.25) is 17.5 Å². The average Bonchev–Trinajstić information content (AvgIpc) is 3.08. The van der Waals surface area contributed by atoms with Crippen LogP contribution < -0.4 is 5.32 Å². The highest BCUT2D eigenvalue weighted by molar-refractivity contribution is 5.59. The Balaban J connectivity index is 1.56. The second kappa shape index (κ2) is 7.68. The fourth-order valence-corrected chi connectivity index (χ4v) is 2.43. The van der Waals surface area contributed by atoms with Gasteiger partial charge in [-0.25, -0.2) is 9.37 Å². The van der Waals surface area contributed by atoms with Crippen molar-refractivity contribution in [2.24, 2.45) is 0 Å². The SMILES string of the molecule is Cc1ccnc(NCCCc2nc(-c3ccc(F)cc3)no2)c1[N+](=O)[O-]. The van der Waals surface area contributed by atoms with Gasteiger partial charge >= 0.3 is 5.69 Å². The number of halogens is 1. The van der Waals surface area contributed by atoms with E-state index in [1.165, 1.54) is 18.3 Å². The number of nitrogens with one attached hydrogen (secondary N) is 1. The molecule has 8 nitrogen and oxygen atoms in total. The number of hydrogen-bond donors (Lipinski definition) is 1. The topological polar surface area (TPSA) is 107 Å². The number of pyridine rings is 1. The van der Waals surface area contributed by atoms with Crippen LogP contribution >= 0.6 is 0 Å². The molecule has 1 N–H and O–H groups in total. The van der Waals surface area contributed by atoms with Crippen molar-refractivity contribution < 1.29 is 13.8 Å². The predicted octanol–water partition coefficient (Wildman–Crippen LogP) is 3.53. The molecule has 2 heterocycles. The molecule has 0 spiro atoms. The van der Waals surface area contributed by atoms with Gasteiger partial charge in [0.15, 0.2) is 0 Å². The summed E-state index contributed by atoms with van der Waals surface area (Å²) in [4.78, 5) is 19.0. The first kappa shape index (κ1) is 17.5. The highest BCUT2D eigenvalue weighted by atomic mass is 19.1. The van der Waals surface area contributed by atoms with Crippen LogP contribution in [0, 0.1) is 22.9 Å². The minimum atomic E-state index is -0.447. The molecule has 0 radical (unpaired) electrons. The van der Waals surface area contributed by atoms with Gasteiger partial charge < -0.3 is 9.84 Å². The van der Waals surface area contributed by atoms with Gasteiger partial charge in [-0.3, -0.25) is 10.1 Å². The van der Waals surface area contributed by atoms with Crippen molar-refractivity contribution in [2.75, 3.05) is 11.9 Å². The van der Waals surface area contributed by atoms with E-state index >= 15 is 0 Å². The minimum absolute atomic E-state index is 0.0242. The first-order valence-electron chi connectivity index (χ1n) is 7.97. The van der Waals surface area contributed by atoms with Gasteiger partial charge in [0.1, 0.15) is 5.82 Å². The first-order chi connectivity index (χ1) is 12.5. The fourth-order valence-electron chi connectivity index (χ4n) is 2.43. The number of aryl methyl sites for hydroxylation is 2. The molecule has 0 amide bonds. The Morgan fingerprint density at radius 2 is 2.04 bits per heavy atom. The van der Waals surface area contributed by atoms with Gasteiger partial charge in [0.05, 0.1) is 4.92 Å². The van der Waals surface area contributed by atoms with Crippen molar-refractivity contribution in [1.29, 1.82) is 0 Å². The summed E-state index contributed by atoms with van der Waals surface area (Å²) in [5.41, 5.74) is 1.19. The second-order valence-electron chi connectivity index (χ2n) is 5.63. The molecule has 26 heavy (non-hydrogen) atoms. The molecular weight excluding hydrogens is 341 g/mol. The second-order valence-corrected chi connectivity index (χ2v) is 5.63. The van der Waals surface area contributed by atoms with E-state index in [2.05, 4.69) is 20.4 Å². The van der Waals surface area contributed by atoms with Crippen molar-refractivity contribution in [3.05, 3.63) is 63.9 Å². The zero-order chi connectivity index (χ0) is 18.5. The molecule has 0 unspecified atom stereocenters. The molecule has 3 aromatic rings. The van der Waals surface area contributed by atoms with Crippen molar-refractivity contribution in [3.8, 4) is 11.4 Å². The largest absolute Gasteiger partial charge is 0.364 e. The van der Waals surface area contributed by atoms with Gasteiger partial charge in [-0.1, -0.05) is 5.16 Å². The summed E-state index contributed by atoms with van der Waals surface area (Å²) in [5.74, 6) is 0.747. The van der Waals surface area contributed by atoms with Crippen molar-refractivity contribution in [1.82, 2.24) is 15.1 Å². The van der Waals surface area contributed by atoms with E-state index in [1.54, 1.807) is 25.1 Å². The molecule has 0 aliphatic rings. The smallest absolute Gasteiger partial charge is 0.314 e. The molecular formula is C17H16FN5O3. The van der Waals surface area contributed by atoms with E-state index in [0.29, 0.717) is 42.2 Å². The lowest BCUT2D eigenvalue weighted by Crippen LogP contribution is -2.08. The highest BCUT2D eigenvalue weighted by Gasteiger charge is 2.18. The maximum Gasteiger partial charge on any atom is 0.314 e. The Morgan fingerprint density at radius 1 is 1.27 bits per heavy atom. The van der Waals surface area contributed by atoms with Crippen LogP contribution in [-0.2, 0) is 6.42 Å². The number of hydrogen-bond acceptors (Lipinski definition) is 7. The first-order valence-corrected chi connectivity index (χ1v) is 7.97. The maximum absolute atomic E-state index is 12.9. The van der Waals surface area contributed by atoms with Crippen LogP contribution in [0.1, 0.15) is 17.9 Å². The Hall–Kier alpha value is -3.36. The number of nitrogens with zero attached hydrogens (tertiary/aromatic N) is 4. The normalized spacial score (nSPS) is 10.7. The lowest BCUT2D eigenvalue weighted by molar-refractivity contribution is -0.384. The molecule has 0 atom stereocenters. The van der Waals surface area contributed by atoms with Crippen molar-refractivity contribution >= 4 is 11.5 Å². The Bertz CT molecular complexity index is 911. The van der Waals surface area contributed by atoms with Crippen molar-refractivity contribution in [3.63, 3.8) is 0 Å². The molecule has 9 heteroatoms. The third-order valence-corrected chi connectivity index (χ3v) is 3.74. The van der Waals surface area contributed by atoms with E-state index in [1.807, 2.05) is 0 Å². The molecule has 0 aliphatic heterocycles. The third-order valence-electron chi connectivity index (χ3n) is 3.74. The molecule has 0 fully saturated rings. The number of aromatic nitrogens is 3. The summed E-state index contributed by atoms with van der Waals surface area (Å²) in [6.45, 7) is 2.13. The summed E-state index contributed by atoms with van der Waals surface area (Å²) >= 11 is 0. The third kappa shape index (κ3) is 4.00. The standard InChI is InChI=1S/C17H16FN5O3/c1-11-8-10-20-17(15(11)23(24)25)19-9-2-3-14-21-16(22-26-14)12-4-6-13(18)7-5-12/h4-8,10H,2-3,9H2,1H3,(H,19,20). The van der Waals surface area contributed by atoms with E-state index in [-0.39, 0.29) is 17.3 Å². The number of benzene rings is 1. The summed E-state index contributed by atoms with van der Waals surface area (Å²) in [7, 11) is 0. The Labute approximate surface area is 148 Å². The van der Waals surface area contributed by atoms with Crippen LogP contribution in [0.25, 0.3) is 11.4 Å². The van der Waals surface area contributed by atoms with Gasteiger partial charge in [-0.15, -0.1) is 0 Å². The molecule has 1 aromatic carbocycles. The molecule has 0 saturated carbocycles. The summed E-state index contributed by atoms with van der Waals surface area (Å²) in [5, 5.41) is 18.0. The fraction of sp³-hybridized carbons (Fsp3) is 0.235. The van der Waals surface area contributed by atoms with Crippen LogP contribution in [0.15, 0.2) is 41.1 Å². The lowest BCUT2D eigenvalue weighted by atomic mass is 10.2.